The molecular formula is C28H26N2O. The van der Waals surface area contributed by atoms with Crippen molar-refractivity contribution in [2.45, 2.75) is 33.2 Å². The zero-order valence-corrected chi connectivity index (χ0v) is 18.1. The van der Waals surface area contributed by atoms with Crippen LogP contribution < -0.4 is 5.32 Å². The van der Waals surface area contributed by atoms with Crippen LogP contribution in [-0.4, -0.2) is 11.8 Å². The Hall–Kier alpha value is -3.82. The summed E-state index contributed by atoms with van der Waals surface area (Å²) >= 11 is 0. The molecule has 3 aromatic rings. The number of nitrogens with one attached hydrogen (secondary N) is 1. The molecule has 3 rings (SSSR count). The lowest BCUT2D eigenvalue weighted by Crippen LogP contribution is -2.20. The highest BCUT2D eigenvalue weighted by atomic mass is 16.1. The Kier molecular flexibility index (Phi) is 7.26. The zero-order valence-electron chi connectivity index (χ0n) is 18.1. The van der Waals surface area contributed by atoms with Gasteiger partial charge in [-0.15, -0.1) is 0 Å². The van der Waals surface area contributed by atoms with Crippen LogP contribution in [0.1, 0.15) is 46.5 Å². The summed E-state index contributed by atoms with van der Waals surface area (Å²) in [6.07, 6.45) is 0.730. The van der Waals surface area contributed by atoms with Gasteiger partial charge in [0, 0.05) is 29.2 Å². The Balaban J connectivity index is 1.86. The van der Waals surface area contributed by atoms with E-state index in [2.05, 4.69) is 35.4 Å². The molecule has 1 N–H and O–H groups in total. The molecular weight excluding hydrogens is 380 g/mol. The minimum Gasteiger partial charge on any atom is -0.371 e. The molecule has 1 unspecified atom stereocenters. The second-order valence-electron chi connectivity index (χ2n) is 7.90. The highest BCUT2D eigenvalue weighted by Gasteiger charge is 2.13. The van der Waals surface area contributed by atoms with Crippen LogP contribution in [0.3, 0.4) is 0 Å². The molecule has 0 bridgehead atoms. The van der Waals surface area contributed by atoms with E-state index in [1.807, 2.05) is 75.4 Å². The number of ketones is 1. The predicted molar refractivity (Wildman–Crippen MR) is 126 cm³/mol. The number of Topliss-reactive ketones (excluding diaryl/α,β-unsaturated/α-hetero) is 1. The normalized spacial score (nSPS) is 11.2. The maximum Gasteiger partial charge on any atom is 0.165 e. The number of carbonyl (C=O) groups excluding carboxylic acids is 1. The molecule has 0 aliphatic carbocycles. The number of hydrogen-bond acceptors (Lipinski definition) is 3. The maximum absolute atomic E-state index is 12.3. The highest BCUT2D eigenvalue weighted by Crippen LogP contribution is 2.16. The van der Waals surface area contributed by atoms with Gasteiger partial charge < -0.3 is 5.32 Å². The number of hydrogen-bond donors (Lipinski definition) is 1. The van der Waals surface area contributed by atoms with Gasteiger partial charge in [-0.3, -0.25) is 4.79 Å². The first kappa shape index (κ1) is 21.9. The summed E-state index contributed by atoms with van der Waals surface area (Å²) in [4.78, 5) is 12.3. The summed E-state index contributed by atoms with van der Waals surface area (Å²) in [6, 6.07) is 25.4. The van der Waals surface area contributed by atoms with Gasteiger partial charge in [0.2, 0.25) is 0 Å². The van der Waals surface area contributed by atoms with Crippen molar-refractivity contribution in [2.24, 2.45) is 5.92 Å². The van der Waals surface area contributed by atoms with Crippen LogP contribution in [0.2, 0.25) is 0 Å². The van der Waals surface area contributed by atoms with Crippen LogP contribution >= 0.6 is 0 Å². The third-order valence-corrected chi connectivity index (χ3v) is 5.02. The van der Waals surface area contributed by atoms with Crippen molar-refractivity contribution in [2.75, 3.05) is 5.32 Å². The van der Waals surface area contributed by atoms with Crippen molar-refractivity contribution in [3.63, 3.8) is 0 Å². The monoisotopic (exact) mass is 406 g/mol. The van der Waals surface area contributed by atoms with E-state index >= 15 is 0 Å². The fourth-order valence-electron chi connectivity index (χ4n) is 3.37. The van der Waals surface area contributed by atoms with Crippen molar-refractivity contribution in [1.82, 2.24) is 0 Å². The molecule has 0 amide bonds. The van der Waals surface area contributed by atoms with E-state index in [1.165, 1.54) is 5.56 Å². The number of rotatable bonds is 6. The van der Waals surface area contributed by atoms with E-state index < -0.39 is 0 Å². The molecule has 3 heteroatoms. The number of anilines is 1. The molecule has 0 fully saturated rings. The SMILES string of the molecule is Cc1cc(C#CC(Cc2ccccc2)Nc2cccc(C#N)c2)ccc1C(=O)C(C)C. The standard InChI is InChI=1S/C28H26N2O/c1-20(2)28(31)27-15-13-23(16-21(27)3)12-14-26(17-22-8-5-4-6-9-22)30-25-11-7-10-24(18-25)19-29/h4-11,13,15-16,18,20,26,30H,17H2,1-3H3. The molecule has 3 nitrogen and oxygen atoms in total. The molecule has 3 aromatic carbocycles. The number of nitrogens with zero attached hydrogens (tertiary/aromatic N) is 1. The Morgan fingerprint density at radius 3 is 2.42 bits per heavy atom. The summed E-state index contributed by atoms with van der Waals surface area (Å²) < 4.78 is 0. The second kappa shape index (κ2) is 10.3. The number of aryl methyl sites for hydroxylation is 1. The fourth-order valence-corrected chi connectivity index (χ4v) is 3.37. The topological polar surface area (TPSA) is 52.9 Å². The molecule has 31 heavy (non-hydrogen) atoms. The fraction of sp³-hybridized carbons (Fsp3) is 0.214. The van der Waals surface area contributed by atoms with Crippen LogP contribution in [0.25, 0.3) is 0 Å². The summed E-state index contributed by atoms with van der Waals surface area (Å²) in [5, 5.41) is 12.6. The number of carbonyl (C=O) groups is 1. The number of benzene rings is 3. The van der Waals surface area contributed by atoms with E-state index in [9.17, 15) is 10.1 Å². The van der Waals surface area contributed by atoms with E-state index in [0.29, 0.717) is 5.56 Å². The molecule has 0 saturated carbocycles. The average Bonchev–Trinajstić information content (AvgIpc) is 2.78. The second-order valence-corrected chi connectivity index (χ2v) is 7.90. The minimum atomic E-state index is -0.131. The van der Waals surface area contributed by atoms with E-state index in [4.69, 9.17) is 0 Å². The Bertz CT molecular complexity index is 1160. The Morgan fingerprint density at radius 2 is 1.74 bits per heavy atom. The quantitative estimate of drug-likeness (QED) is 0.417. The van der Waals surface area contributed by atoms with Crippen LogP contribution in [0.4, 0.5) is 5.69 Å². The molecule has 0 saturated heterocycles. The summed E-state index contributed by atoms with van der Waals surface area (Å²) in [5.74, 6) is 6.72. The average molecular weight is 407 g/mol. The summed E-state index contributed by atoms with van der Waals surface area (Å²) in [7, 11) is 0. The third-order valence-electron chi connectivity index (χ3n) is 5.02. The van der Waals surface area contributed by atoms with Gasteiger partial charge in [0.1, 0.15) is 0 Å². The van der Waals surface area contributed by atoms with Gasteiger partial charge in [-0.05, 0) is 54.4 Å². The Labute approximate surface area is 184 Å². The molecule has 1 atom stereocenters. The first-order valence-electron chi connectivity index (χ1n) is 10.4. The molecule has 0 aliphatic rings. The van der Waals surface area contributed by atoms with Gasteiger partial charge in [-0.2, -0.15) is 5.26 Å². The first-order chi connectivity index (χ1) is 15.0. The van der Waals surface area contributed by atoms with Crippen molar-refractivity contribution in [3.8, 4) is 17.9 Å². The van der Waals surface area contributed by atoms with Crippen molar-refractivity contribution in [3.05, 3.63) is 101 Å². The molecule has 0 radical (unpaired) electrons. The van der Waals surface area contributed by atoms with Crippen molar-refractivity contribution in [1.29, 1.82) is 5.26 Å². The van der Waals surface area contributed by atoms with Crippen LogP contribution in [0.5, 0.6) is 0 Å². The largest absolute Gasteiger partial charge is 0.371 e. The van der Waals surface area contributed by atoms with Gasteiger partial charge in [0.15, 0.2) is 5.78 Å². The molecule has 0 aliphatic heterocycles. The Morgan fingerprint density at radius 1 is 0.968 bits per heavy atom. The molecule has 0 aromatic heterocycles. The van der Waals surface area contributed by atoms with Gasteiger partial charge in [0.25, 0.3) is 0 Å². The molecule has 0 spiro atoms. The lowest BCUT2D eigenvalue weighted by atomic mass is 9.95. The number of nitriles is 1. The van der Waals surface area contributed by atoms with Crippen molar-refractivity contribution >= 4 is 11.5 Å². The lowest BCUT2D eigenvalue weighted by molar-refractivity contribution is 0.0939. The zero-order chi connectivity index (χ0) is 22.2. The lowest BCUT2D eigenvalue weighted by Gasteiger charge is -2.15. The van der Waals surface area contributed by atoms with Crippen LogP contribution in [0.15, 0.2) is 72.8 Å². The van der Waals surface area contributed by atoms with E-state index in [1.54, 1.807) is 6.07 Å². The first-order valence-corrected chi connectivity index (χ1v) is 10.4. The molecule has 154 valence electrons. The third kappa shape index (κ3) is 6.08. The molecule has 0 heterocycles. The van der Waals surface area contributed by atoms with Gasteiger partial charge >= 0.3 is 0 Å². The van der Waals surface area contributed by atoms with Gasteiger partial charge in [-0.1, -0.05) is 62.1 Å². The minimum absolute atomic E-state index is 0.0285. The predicted octanol–water partition coefficient (Wildman–Crippen LogP) is 5.78. The summed E-state index contributed by atoms with van der Waals surface area (Å²) in [5.41, 5.74) is 5.23. The van der Waals surface area contributed by atoms with Crippen molar-refractivity contribution < 1.29 is 4.79 Å². The highest BCUT2D eigenvalue weighted by molar-refractivity contribution is 5.98. The van der Waals surface area contributed by atoms with Gasteiger partial charge in [0.05, 0.1) is 17.7 Å². The van der Waals surface area contributed by atoms with Gasteiger partial charge in [-0.25, -0.2) is 0 Å². The van der Waals surface area contributed by atoms with E-state index in [0.717, 1.165) is 28.8 Å². The summed E-state index contributed by atoms with van der Waals surface area (Å²) in [6.45, 7) is 5.78. The smallest absolute Gasteiger partial charge is 0.165 e. The maximum atomic E-state index is 12.3. The van der Waals surface area contributed by atoms with Crippen LogP contribution in [0, 0.1) is 36.0 Å². The van der Waals surface area contributed by atoms with E-state index in [-0.39, 0.29) is 17.7 Å². The van der Waals surface area contributed by atoms with Crippen LogP contribution in [-0.2, 0) is 6.42 Å².